The Morgan fingerprint density at radius 1 is 1.00 bits per heavy atom. The highest BCUT2D eigenvalue weighted by molar-refractivity contribution is 5.94. The van der Waals surface area contributed by atoms with Crippen LogP contribution in [0.4, 0.5) is 5.69 Å². The first-order chi connectivity index (χ1) is 12.0. The van der Waals surface area contributed by atoms with E-state index in [9.17, 15) is 4.79 Å². The first-order valence-corrected chi connectivity index (χ1v) is 8.82. The molecule has 0 fully saturated rings. The summed E-state index contributed by atoms with van der Waals surface area (Å²) in [4.78, 5) is 12.5. The molecule has 2 aromatic carbocycles. The number of carbonyl (C=O) groups is 1. The SMILES string of the molecule is CCC(C)Oc1ccc(NC(=O)C(CC)Oc2cccc(C)c2)cc1. The van der Waals surface area contributed by atoms with Crippen molar-refractivity contribution in [3.8, 4) is 11.5 Å². The molecule has 4 nitrogen and oxygen atoms in total. The second kappa shape index (κ2) is 9.11. The molecule has 2 rings (SSSR count). The molecule has 0 heterocycles. The van der Waals surface area contributed by atoms with E-state index < -0.39 is 6.10 Å². The minimum atomic E-state index is -0.530. The predicted molar refractivity (Wildman–Crippen MR) is 101 cm³/mol. The van der Waals surface area contributed by atoms with Crippen LogP contribution >= 0.6 is 0 Å². The van der Waals surface area contributed by atoms with Crippen LogP contribution in [0.1, 0.15) is 39.2 Å². The molecule has 0 aliphatic carbocycles. The molecule has 0 saturated carbocycles. The van der Waals surface area contributed by atoms with Gasteiger partial charge in [-0.1, -0.05) is 26.0 Å². The van der Waals surface area contributed by atoms with E-state index >= 15 is 0 Å². The third kappa shape index (κ3) is 5.82. The topological polar surface area (TPSA) is 47.6 Å². The van der Waals surface area contributed by atoms with Crippen molar-refractivity contribution in [1.82, 2.24) is 0 Å². The van der Waals surface area contributed by atoms with Crippen LogP contribution in [0.25, 0.3) is 0 Å². The maximum atomic E-state index is 12.5. The molecule has 0 bridgehead atoms. The lowest BCUT2D eigenvalue weighted by Gasteiger charge is -2.18. The highest BCUT2D eigenvalue weighted by Gasteiger charge is 2.18. The van der Waals surface area contributed by atoms with Gasteiger partial charge in [-0.25, -0.2) is 0 Å². The Morgan fingerprint density at radius 3 is 2.32 bits per heavy atom. The van der Waals surface area contributed by atoms with Crippen LogP contribution in [-0.4, -0.2) is 18.1 Å². The largest absolute Gasteiger partial charge is 0.491 e. The molecule has 0 radical (unpaired) electrons. The van der Waals surface area contributed by atoms with E-state index in [4.69, 9.17) is 9.47 Å². The average molecular weight is 341 g/mol. The standard InChI is InChI=1S/C21H27NO3/c1-5-16(4)24-18-12-10-17(11-13-18)22-21(23)20(6-2)25-19-9-7-8-15(3)14-19/h7-14,16,20H,5-6H2,1-4H3,(H,22,23). The number of carbonyl (C=O) groups excluding carboxylic acids is 1. The molecule has 1 amide bonds. The van der Waals surface area contributed by atoms with Gasteiger partial charge in [-0.05, 0) is 68.7 Å². The normalized spacial score (nSPS) is 13.0. The monoisotopic (exact) mass is 341 g/mol. The molecule has 0 aliphatic heterocycles. The number of hydrogen-bond acceptors (Lipinski definition) is 3. The predicted octanol–water partition coefficient (Wildman–Crippen LogP) is 4.97. The van der Waals surface area contributed by atoms with E-state index in [-0.39, 0.29) is 12.0 Å². The smallest absolute Gasteiger partial charge is 0.265 e. The Labute approximate surface area is 150 Å². The summed E-state index contributed by atoms with van der Waals surface area (Å²) in [6, 6.07) is 15.1. The number of ether oxygens (including phenoxy) is 2. The third-order valence-corrected chi connectivity index (χ3v) is 3.97. The summed E-state index contributed by atoms with van der Waals surface area (Å²) in [7, 11) is 0. The van der Waals surface area contributed by atoms with Gasteiger partial charge in [0.15, 0.2) is 6.10 Å². The average Bonchev–Trinajstić information content (AvgIpc) is 2.61. The fourth-order valence-corrected chi connectivity index (χ4v) is 2.33. The molecule has 2 aromatic rings. The molecule has 2 atom stereocenters. The lowest BCUT2D eigenvalue weighted by atomic mass is 10.2. The summed E-state index contributed by atoms with van der Waals surface area (Å²) >= 11 is 0. The highest BCUT2D eigenvalue weighted by Crippen LogP contribution is 2.19. The zero-order chi connectivity index (χ0) is 18.2. The molecule has 1 N–H and O–H groups in total. The lowest BCUT2D eigenvalue weighted by Crippen LogP contribution is -2.32. The fourth-order valence-electron chi connectivity index (χ4n) is 2.33. The van der Waals surface area contributed by atoms with Crippen molar-refractivity contribution in [3.05, 3.63) is 54.1 Å². The second-order valence-corrected chi connectivity index (χ2v) is 6.18. The van der Waals surface area contributed by atoms with Crippen LogP contribution in [0.3, 0.4) is 0 Å². The second-order valence-electron chi connectivity index (χ2n) is 6.18. The maximum Gasteiger partial charge on any atom is 0.265 e. The molecule has 2 unspecified atom stereocenters. The van der Waals surface area contributed by atoms with Crippen LogP contribution in [0.5, 0.6) is 11.5 Å². The highest BCUT2D eigenvalue weighted by atomic mass is 16.5. The molecule has 0 saturated heterocycles. The Balaban J connectivity index is 1.96. The molecular formula is C21H27NO3. The molecule has 0 aromatic heterocycles. The maximum absolute atomic E-state index is 12.5. The number of amides is 1. The van der Waals surface area contributed by atoms with Gasteiger partial charge in [0.05, 0.1) is 6.10 Å². The van der Waals surface area contributed by atoms with Crippen molar-refractivity contribution in [2.24, 2.45) is 0 Å². The van der Waals surface area contributed by atoms with Gasteiger partial charge < -0.3 is 14.8 Å². The van der Waals surface area contributed by atoms with Crippen LogP contribution < -0.4 is 14.8 Å². The van der Waals surface area contributed by atoms with Crippen molar-refractivity contribution < 1.29 is 14.3 Å². The summed E-state index contributed by atoms with van der Waals surface area (Å²) in [6.07, 6.45) is 1.19. The van der Waals surface area contributed by atoms with Gasteiger partial charge in [0.25, 0.3) is 5.91 Å². The number of aryl methyl sites for hydroxylation is 1. The Kier molecular flexibility index (Phi) is 6.87. The summed E-state index contributed by atoms with van der Waals surface area (Å²) in [5, 5.41) is 2.90. The van der Waals surface area contributed by atoms with Gasteiger partial charge in [0, 0.05) is 5.69 Å². The van der Waals surface area contributed by atoms with Crippen LogP contribution in [-0.2, 0) is 4.79 Å². The molecule has 25 heavy (non-hydrogen) atoms. The zero-order valence-electron chi connectivity index (χ0n) is 15.4. The van der Waals surface area contributed by atoms with Crippen LogP contribution in [0, 0.1) is 6.92 Å². The van der Waals surface area contributed by atoms with Crippen molar-refractivity contribution in [2.75, 3.05) is 5.32 Å². The third-order valence-electron chi connectivity index (χ3n) is 3.97. The molecule has 0 aliphatic rings. The summed E-state index contributed by atoms with van der Waals surface area (Å²) in [5.74, 6) is 1.36. The van der Waals surface area contributed by atoms with Gasteiger partial charge in [-0.15, -0.1) is 0 Å². The molecule has 134 valence electrons. The van der Waals surface area contributed by atoms with Gasteiger partial charge >= 0.3 is 0 Å². The number of rotatable bonds is 8. The molecule has 4 heteroatoms. The van der Waals surface area contributed by atoms with E-state index in [2.05, 4.69) is 12.2 Å². The first-order valence-electron chi connectivity index (χ1n) is 8.82. The van der Waals surface area contributed by atoms with Crippen molar-refractivity contribution >= 4 is 11.6 Å². The quantitative estimate of drug-likeness (QED) is 0.737. The van der Waals surface area contributed by atoms with E-state index in [0.29, 0.717) is 12.2 Å². The Hall–Kier alpha value is -2.49. The number of hydrogen-bond donors (Lipinski definition) is 1. The van der Waals surface area contributed by atoms with Crippen molar-refractivity contribution in [1.29, 1.82) is 0 Å². The Bertz CT molecular complexity index is 682. The van der Waals surface area contributed by atoms with Gasteiger partial charge in [-0.2, -0.15) is 0 Å². The van der Waals surface area contributed by atoms with E-state index in [1.807, 2.05) is 69.3 Å². The van der Waals surface area contributed by atoms with Crippen molar-refractivity contribution in [3.63, 3.8) is 0 Å². The molecular weight excluding hydrogens is 314 g/mol. The van der Waals surface area contributed by atoms with Gasteiger partial charge in [0.1, 0.15) is 11.5 Å². The molecule has 0 spiro atoms. The Morgan fingerprint density at radius 2 is 1.72 bits per heavy atom. The van der Waals surface area contributed by atoms with E-state index in [1.165, 1.54) is 0 Å². The number of nitrogens with one attached hydrogen (secondary N) is 1. The number of anilines is 1. The fraction of sp³-hybridized carbons (Fsp3) is 0.381. The first kappa shape index (κ1) is 18.8. The van der Waals surface area contributed by atoms with Gasteiger partial charge in [-0.3, -0.25) is 4.79 Å². The summed E-state index contributed by atoms with van der Waals surface area (Å²) < 4.78 is 11.6. The summed E-state index contributed by atoms with van der Waals surface area (Å²) in [6.45, 7) is 8.04. The number of benzene rings is 2. The van der Waals surface area contributed by atoms with Crippen molar-refractivity contribution in [2.45, 2.75) is 52.7 Å². The van der Waals surface area contributed by atoms with Crippen LogP contribution in [0.2, 0.25) is 0 Å². The van der Waals surface area contributed by atoms with Crippen LogP contribution in [0.15, 0.2) is 48.5 Å². The van der Waals surface area contributed by atoms with E-state index in [1.54, 1.807) is 0 Å². The zero-order valence-corrected chi connectivity index (χ0v) is 15.4. The van der Waals surface area contributed by atoms with E-state index in [0.717, 1.165) is 23.4 Å². The minimum Gasteiger partial charge on any atom is -0.491 e. The minimum absolute atomic E-state index is 0.153. The summed E-state index contributed by atoms with van der Waals surface area (Å²) in [5.41, 5.74) is 1.83. The lowest BCUT2D eigenvalue weighted by molar-refractivity contribution is -0.122. The van der Waals surface area contributed by atoms with Gasteiger partial charge in [0.2, 0.25) is 0 Å².